The number of guanidine groups is 1. The molecular weight excluding hydrogens is 373 g/mol. The summed E-state index contributed by atoms with van der Waals surface area (Å²) < 4.78 is 24.2. The SMILES string of the molecule is CN=C(NCc1cc(C(C)C)no1)NCC(c1ccc(F)cc1)N1CCOCC1. The van der Waals surface area contributed by atoms with Crippen molar-refractivity contribution in [1.29, 1.82) is 0 Å². The van der Waals surface area contributed by atoms with Gasteiger partial charge in [0.1, 0.15) is 5.82 Å². The van der Waals surface area contributed by atoms with Gasteiger partial charge in [0.25, 0.3) is 0 Å². The molecule has 1 fully saturated rings. The average Bonchev–Trinajstić information content (AvgIpc) is 3.22. The van der Waals surface area contributed by atoms with Gasteiger partial charge in [0.2, 0.25) is 0 Å². The lowest BCUT2D eigenvalue weighted by molar-refractivity contribution is 0.0170. The molecule has 1 unspecified atom stereocenters. The topological polar surface area (TPSA) is 74.9 Å². The molecule has 1 saturated heterocycles. The first-order valence-corrected chi connectivity index (χ1v) is 10.0. The number of aliphatic imine (C=N–C) groups is 1. The van der Waals surface area contributed by atoms with Crippen molar-refractivity contribution >= 4 is 5.96 Å². The van der Waals surface area contributed by atoms with Gasteiger partial charge < -0.3 is 19.9 Å². The molecule has 2 N–H and O–H groups in total. The van der Waals surface area contributed by atoms with Crippen LogP contribution in [-0.4, -0.2) is 55.9 Å². The van der Waals surface area contributed by atoms with E-state index in [4.69, 9.17) is 9.26 Å². The van der Waals surface area contributed by atoms with E-state index in [1.165, 1.54) is 12.1 Å². The van der Waals surface area contributed by atoms with Gasteiger partial charge in [-0.1, -0.05) is 31.1 Å². The molecule has 0 bridgehead atoms. The zero-order valence-corrected chi connectivity index (χ0v) is 17.3. The van der Waals surface area contributed by atoms with E-state index in [0.29, 0.717) is 38.2 Å². The largest absolute Gasteiger partial charge is 0.379 e. The number of morpholine rings is 1. The fourth-order valence-electron chi connectivity index (χ4n) is 3.30. The fourth-order valence-corrected chi connectivity index (χ4v) is 3.30. The Hall–Kier alpha value is -2.45. The summed E-state index contributed by atoms with van der Waals surface area (Å²) in [5, 5.41) is 10.7. The van der Waals surface area contributed by atoms with Gasteiger partial charge in [-0.2, -0.15) is 0 Å². The summed E-state index contributed by atoms with van der Waals surface area (Å²) in [7, 11) is 1.73. The molecule has 1 aliphatic rings. The first-order valence-electron chi connectivity index (χ1n) is 10.0. The molecule has 2 aromatic rings. The van der Waals surface area contributed by atoms with Crippen LogP contribution in [0.4, 0.5) is 4.39 Å². The maximum atomic E-state index is 13.4. The van der Waals surface area contributed by atoms with E-state index in [2.05, 4.69) is 39.5 Å². The summed E-state index contributed by atoms with van der Waals surface area (Å²) in [6.45, 7) is 8.38. The molecule has 0 spiro atoms. The molecule has 29 heavy (non-hydrogen) atoms. The molecule has 2 heterocycles. The van der Waals surface area contributed by atoms with E-state index in [1.807, 2.05) is 18.2 Å². The minimum Gasteiger partial charge on any atom is -0.379 e. The molecule has 0 amide bonds. The molecule has 1 aromatic heterocycles. The van der Waals surface area contributed by atoms with Crippen molar-refractivity contribution in [2.75, 3.05) is 39.9 Å². The lowest BCUT2D eigenvalue weighted by Crippen LogP contribution is -2.46. The first-order chi connectivity index (χ1) is 14.1. The van der Waals surface area contributed by atoms with Gasteiger partial charge in [-0.25, -0.2) is 4.39 Å². The molecular formula is C21H30FN5O2. The average molecular weight is 404 g/mol. The van der Waals surface area contributed by atoms with E-state index < -0.39 is 0 Å². The molecule has 0 aliphatic carbocycles. The van der Waals surface area contributed by atoms with E-state index in [-0.39, 0.29) is 11.9 Å². The number of hydrogen-bond acceptors (Lipinski definition) is 5. The van der Waals surface area contributed by atoms with Crippen molar-refractivity contribution in [2.45, 2.75) is 32.4 Å². The Labute approximate surface area is 171 Å². The second kappa shape index (κ2) is 10.4. The zero-order chi connectivity index (χ0) is 20.6. The van der Waals surface area contributed by atoms with Crippen LogP contribution in [0.5, 0.6) is 0 Å². The number of benzene rings is 1. The third-order valence-corrected chi connectivity index (χ3v) is 5.03. The summed E-state index contributed by atoms with van der Waals surface area (Å²) >= 11 is 0. The van der Waals surface area contributed by atoms with Gasteiger partial charge in [0, 0.05) is 32.7 Å². The monoisotopic (exact) mass is 403 g/mol. The van der Waals surface area contributed by atoms with Crippen molar-refractivity contribution in [3.63, 3.8) is 0 Å². The van der Waals surface area contributed by atoms with E-state index in [9.17, 15) is 4.39 Å². The van der Waals surface area contributed by atoms with Crippen molar-refractivity contribution < 1.29 is 13.7 Å². The Bertz CT molecular complexity index is 785. The van der Waals surface area contributed by atoms with Crippen LogP contribution in [0, 0.1) is 5.82 Å². The quantitative estimate of drug-likeness (QED) is 0.547. The van der Waals surface area contributed by atoms with Crippen LogP contribution >= 0.6 is 0 Å². The highest BCUT2D eigenvalue weighted by atomic mass is 19.1. The van der Waals surface area contributed by atoms with Crippen LogP contribution in [0.2, 0.25) is 0 Å². The number of halogens is 1. The van der Waals surface area contributed by atoms with Crippen LogP contribution in [0.1, 0.15) is 42.8 Å². The van der Waals surface area contributed by atoms with Crippen LogP contribution in [0.25, 0.3) is 0 Å². The smallest absolute Gasteiger partial charge is 0.191 e. The third kappa shape index (κ3) is 6.01. The number of nitrogens with zero attached hydrogens (tertiary/aromatic N) is 3. The molecule has 7 nitrogen and oxygen atoms in total. The number of ether oxygens (including phenoxy) is 1. The van der Waals surface area contributed by atoms with Crippen LogP contribution < -0.4 is 10.6 Å². The lowest BCUT2D eigenvalue weighted by Gasteiger charge is -2.35. The molecule has 0 saturated carbocycles. The van der Waals surface area contributed by atoms with Gasteiger partial charge in [-0.15, -0.1) is 0 Å². The van der Waals surface area contributed by atoms with E-state index in [0.717, 1.165) is 30.1 Å². The van der Waals surface area contributed by atoms with Crippen molar-refractivity contribution in [2.24, 2.45) is 4.99 Å². The number of rotatable bonds is 7. The summed E-state index contributed by atoms with van der Waals surface area (Å²) in [6, 6.07) is 8.75. The van der Waals surface area contributed by atoms with Crippen molar-refractivity contribution in [3.05, 3.63) is 53.2 Å². The van der Waals surface area contributed by atoms with E-state index in [1.54, 1.807) is 7.05 Å². The summed E-state index contributed by atoms with van der Waals surface area (Å²) in [6.07, 6.45) is 0. The fraction of sp³-hybridized carbons (Fsp3) is 0.524. The molecule has 0 radical (unpaired) electrons. The Morgan fingerprint density at radius 3 is 2.55 bits per heavy atom. The Morgan fingerprint density at radius 2 is 1.93 bits per heavy atom. The predicted octanol–water partition coefficient (Wildman–Crippen LogP) is 2.68. The first kappa shape index (κ1) is 21.3. The Kier molecular flexibility index (Phi) is 7.60. The summed E-state index contributed by atoms with van der Waals surface area (Å²) in [4.78, 5) is 6.65. The highest BCUT2D eigenvalue weighted by Crippen LogP contribution is 2.21. The number of nitrogens with one attached hydrogen (secondary N) is 2. The van der Waals surface area contributed by atoms with Gasteiger partial charge in [-0.05, 0) is 23.6 Å². The maximum absolute atomic E-state index is 13.4. The van der Waals surface area contributed by atoms with Crippen LogP contribution in [0.15, 0.2) is 39.8 Å². The summed E-state index contributed by atoms with van der Waals surface area (Å²) in [5.74, 6) is 1.54. The standard InChI is InChI=1S/C21H30FN5O2/c1-15(2)19-12-18(29-26-19)13-24-21(23-3)25-14-20(27-8-10-28-11-9-27)16-4-6-17(22)7-5-16/h4-7,12,15,20H,8-11,13-14H2,1-3H3,(H2,23,24,25). The third-order valence-electron chi connectivity index (χ3n) is 5.03. The minimum atomic E-state index is -0.229. The molecule has 3 rings (SSSR count). The van der Waals surface area contributed by atoms with Crippen molar-refractivity contribution in [3.8, 4) is 0 Å². The van der Waals surface area contributed by atoms with Gasteiger partial charge >= 0.3 is 0 Å². The predicted molar refractivity (Wildman–Crippen MR) is 110 cm³/mol. The molecule has 158 valence electrons. The Morgan fingerprint density at radius 1 is 1.21 bits per heavy atom. The highest BCUT2D eigenvalue weighted by Gasteiger charge is 2.23. The molecule has 8 heteroatoms. The van der Waals surface area contributed by atoms with Gasteiger partial charge in [-0.3, -0.25) is 9.89 Å². The van der Waals surface area contributed by atoms with E-state index >= 15 is 0 Å². The minimum absolute atomic E-state index is 0.0934. The normalized spacial score (nSPS) is 16.8. The summed E-state index contributed by atoms with van der Waals surface area (Å²) in [5.41, 5.74) is 2.00. The second-order valence-electron chi connectivity index (χ2n) is 7.40. The highest BCUT2D eigenvalue weighted by molar-refractivity contribution is 5.79. The maximum Gasteiger partial charge on any atom is 0.191 e. The number of aromatic nitrogens is 1. The van der Waals surface area contributed by atoms with Gasteiger partial charge in [0.05, 0.1) is 31.5 Å². The van der Waals surface area contributed by atoms with Crippen molar-refractivity contribution in [1.82, 2.24) is 20.7 Å². The molecule has 1 atom stereocenters. The lowest BCUT2D eigenvalue weighted by atomic mass is 10.0. The molecule has 1 aliphatic heterocycles. The number of hydrogen-bond donors (Lipinski definition) is 2. The second-order valence-corrected chi connectivity index (χ2v) is 7.40. The molecule has 1 aromatic carbocycles. The van der Waals surface area contributed by atoms with Crippen LogP contribution in [0.3, 0.4) is 0 Å². The Balaban J connectivity index is 1.60. The zero-order valence-electron chi connectivity index (χ0n) is 17.3. The van der Waals surface area contributed by atoms with Crippen LogP contribution in [-0.2, 0) is 11.3 Å². The van der Waals surface area contributed by atoms with Gasteiger partial charge in [0.15, 0.2) is 11.7 Å².